The summed E-state index contributed by atoms with van der Waals surface area (Å²) in [4.78, 5) is 5.71. The molecule has 0 saturated heterocycles. The summed E-state index contributed by atoms with van der Waals surface area (Å²) < 4.78 is 26.0. The van der Waals surface area contributed by atoms with Gasteiger partial charge in [0.1, 0.15) is 19.0 Å². The molecule has 140 valence electrons. The molecule has 2 aromatic carbocycles. The van der Waals surface area contributed by atoms with Gasteiger partial charge in [-0.15, -0.1) is 0 Å². The van der Waals surface area contributed by atoms with Crippen LogP contribution >= 0.6 is 11.3 Å². The van der Waals surface area contributed by atoms with Gasteiger partial charge < -0.3 is 14.8 Å². The molecule has 0 aliphatic carbocycles. The fraction of sp³-hybridized carbons (Fsp3) is 0.250. The van der Waals surface area contributed by atoms with E-state index < -0.39 is 6.67 Å². The molecule has 0 amide bonds. The molecule has 0 aliphatic heterocycles. The van der Waals surface area contributed by atoms with Crippen molar-refractivity contribution in [1.29, 1.82) is 0 Å². The van der Waals surface area contributed by atoms with Crippen molar-refractivity contribution in [3.8, 4) is 17.0 Å². The second-order valence-corrected chi connectivity index (χ2v) is 7.00. The van der Waals surface area contributed by atoms with Crippen LogP contribution in [0.4, 0.5) is 10.1 Å². The lowest BCUT2D eigenvalue weighted by Gasteiger charge is -2.06. The van der Waals surface area contributed by atoms with E-state index in [9.17, 15) is 4.39 Å². The van der Waals surface area contributed by atoms with Crippen LogP contribution in [0.2, 0.25) is 0 Å². The minimum absolute atomic E-state index is 0.116. The molecule has 4 rings (SSSR count). The largest absolute Gasteiger partial charge is 0.491 e. The molecule has 0 saturated carbocycles. The molecular weight excluding hydrogens is 365 g/mol. The number of aromatic nitrogens is 2. The number of anilines is 1. The third-order valence-corrected chi connectivity index (χ3v) is 5.27. The van der Waals surface area contributed by atoms with Gasteiger partial charge in [-0.05, 0) is 30.3 Å². The zero-order valence-electron chi connectivity index (χ0n) is 14.9. The Bertz CT molecular complexity index is 1040. The lowest BCUT2D eigenvalue weighted by atomic mass is 10.1. The summed E-state index contributed by atoms with van der Waals surface area (Å²) in [5.41, 5.74) is 4.22. The molecule has 2 aromatic heterocycles. The van der Waals surface area contributed by atoms with Gasteiger partial charge in [0.25, 0.3) is 0 Å². The predicted molar refractivity (Wildman–Crippen MR) is 108 cm³/mol. The maximum absolute atomic E-state index is 12.0. The Hall–Kier alpha value is -2.64. The first-order valence-corrected chi connectivity index (χ1v) is 9.56. The average Bonchev–Trinajstić information content (AvgIpc) is 3.25. The first kappa shape index (κ1) is 17.8. The summed E-state index contributed by atoms with van der Waals surface area (Å²) in [5, 5.41) is 3.12. The standard InChI is InChI=1S/C20H20FN3O2S/c1-22-15-4-2-14(3-5-15)17-13-24-18-7-6-16(26-11-10-25-9-8-21)12-19(18)27-20(24)23-17/h2-7,12-13,22H,8-11H2,1H3. The molecule has 0 bridgehead atoms. The maximum atomic E-state index is 12.0. The Morgan fingerprint density at radius 3 is 2.74 bits per heavy atom. The number of thiazole rings is 1. The minimum Gasteiger partial charge on any atom is -0.491 e. The molecule has 7 heteroatoms. The number of benzene rings is 2. The van der Waals surface area contributed by atoms with Crippen LogP contribution in [0, 0.1) is 0 Å². The number of nitrogens with one attached hydrogen (secondary N) is 1. The van der Waals surface area contributed by atoms with E-state index in [4.69, 9.17) is 14.5 Å². The second-order valence-electron chi connectivity index (χ2n) is 5.99. The highest BCUT2D eigenvalue weighted by molar-refractivity contribution is 7.23. The number of nitrogens with zero attached hydrogens (tertiary/aromatic N) is 2. The summed E-state index contributed by atoms with van der Waals surface area (Å²) in [6.45, 7) is 0.430. The molecule has 1 N–H and O–H groups in total. The molecule has 4 aromatic rings. The smallest absolute Gasteiger partial charge is 0.195 e. The summed E-state index contributed by atoms with van der Waals surface area (Å²) in [6.07, 6.45) is 2.06. The Kier molecular flexibility index (Phi) is 5.22. The summed E-state index contributed by atoms with van der Waals surface area (Å²) >= 11 is 1.63. The topological polar surface area (TPSA) is 47.8 Å². The van der Waals surface area contributed by atoms with Crippen molar-refractivity contribution >= 4 is 32.2 Å². The first-order chi connectivity index (χ1) is 13.3. The van der Waals surface area contributed by atoms with Crippen LogP contribution in [0.1, 0.15) is 0 Å². The van der Waals surface area contributed by atoms with Crippen molar-refractivity contribution < 1.29 is 13.9 Å². The van der Waals surface area contributed by atoms with Gasteiger partial charge in [0, 0.05) is 24.5 Å². The van der Waals surface area contributed by atoms with Crippen molar-refractivity contribution in [3.05, 3.63) is 48.7 Å². The highest BCUT2D eigenvalue weighted by Crippen LogP contribution is 2.32. The summed E-state index contributed by atoms with van der Waals surface area (Å²) in [5.74, 6) is 0.777. The fourth-order valence-corrected chi connectivity index (χ4v) is 3.93. The molecule has 0 atom stereocenters. The van der Waals surface area contributed by atoms with Crippen LogP contribution in [-0.2, 0) is 4.74 Å². The lowest BCUT2D eigenvalue weighted by Crippen LogP contribution is -2.08. The number of fused-ring (bicyclic) bond motifs is 3. The molecule has 0 spiro atoms. The number of hydrogen-bond acceptors (Lipinski definition) is 5. The summed E-state index contributed by atoms with van der Waals surface area (Å²) in [6, 6.07) is 14.2. The van der Waals surface area contributed by atoms with Crippen molar-refractivity contribution in [3.63, 3.8) is 0 Å². The predicted octanol–water partition coefficient (Wildman–Crippen LogP) is 4.62. The molecule has 0 aliphatic rings. The second kappa shape index (κ2) is 7.94. The zero-order chi connectivity index (χ0) is 18.6. The quantitative estimate of drug-likeness (QED) is 0.450. The molecule has 5 nitrogen and oxygen atoms in total. The Morgan fingerprint density at radius 1 is 1.11 bits per heavy atom. The average molecular weight is 385 g/mol. The van der Waals surface area contributed by atoms with Crippen LogP contribution in [-0.4, -0.2) is 42.9 Å². The highest BCUT2D eigenvalue weighted by Gasteiger charge is 2.11. The van der Waals surface area contributed by atoms with Gasteiger partial charge in [-0.1, -0.05) is 23.5 Å². The van der Waals surface area contributed by atoms with Crippen LogP contribution in [0.15, 0.2) is 48.7 Å². The number of hydrogen-bond donors (Lipinski definition) is 1. The number of alkyl halides is 1. The molecule has 0 fully saturated rings. The summed E-state index contributed by atoms with van der Waals surface area (Å²) in [7, 11) is 1.91. The van der Waals surface area contributed by atoms with Crippen molar-refractivity contribution in [2.45, 2.75) is 0 Å². The minimum atomic E-state index is -0.470. The molecule has 0 radical (unpaired) electrons. The molecule has 0 unspecified atom stereocenters. The van der Waals surface area contributed by atoms with E-state index >= 15 is 0 Å². The van der Waals surface area contributed by atoms with Crippen LogP contribution in [0.5, 0.6) is 5.75 Å². The van der Waals surface area contributed by atoms with Crippen molar-refractivity contribution in [2.75, 3.05) is 38.9 Å². The Balaban J connectivity index is 1.54. The lowest BCUT2D eigenvalue weighted by molar-refractivity contribution is 0.0897. The van der Waals surface area contributed by atoms with Crippen molar-refractivity contribution in [1.82, 2.24) is 9.38 Å². The van der Waals surface area contributed by atoms with Gasteiger partial charge >= 0.3 is 0 Å². The molecular formula is C20H20FN3O2S. The van der Waals surface area contributed by atoms with Gasteiger partial charge in [0.2, 0.25) is 0 Å². The van der Waals surface area contributed by atoms with E-state index in [1.165, 1.54) is 0 Å². The van der Waals surface area contributed by atoms with Gasteiger partial charge in [-0.25, -0.2) is 9.37 Å². The number of rotatable bonds is 8. The Labute approximate surface area is 160 Å². The number of imidazole rings is 1. The zero-order valence-corrected chi connectivity index (χ0v) is 15.8. The van der Waals surface area contributed by atoms with Gasteiger partial charge in [0.05, 0.1) is 29.1 Å². The van der Waals surface area contributed by atoms with Gasteiger partial charge in [-0.2, -0.15) is 0 Å². The number of halogens is 1. The van der Waals surface area contributed by atoms with E-state index in [0.717, 1.165) is 37.9 Å². The maximum Gasteiger partial charge on any atom is 0.195 e. The monoisotopic (exact) mass is 385 g/mol. The van der Waals surface area contributed by atoms with E-state index in [1.807, 2.05) is 37.4 Å². The van der Waals surface area contributed by atoms with Crippen molar-refractivity contribution in [2.24, 2.45) is 0 Å². The third-order valence-electron chi connectivity index (χ3n) is 4.25. The third kappa shape index (κ3) is 3.74. The van der Waals surface area contributed by atoms with Gasteiger partial charge in [-0.3, -0.25) is 4.40 Å². The van der Waals surface area contributed by atoms with Gasteiger partial charge in [0.15, 0.2) is 4.96 Å². The van der Waals surface area contributed by atoms with E-state index in [0.29, 0.717) is 13.2 Å². The molecule has 2 heterocycles. The Morgan fingerprint density at radius 2 is 1.96 bits per heavy atom. The fourth-order valence-electron chi connectivity index (χ4n) is 2.89. The van der Waals surface area contributed by atoms with Crippen LogP contribution in [0.3, 0.4) is 0 Å². The first-order valence-electron chi connectivity index (χ1n) is 8.75. The van der Waals surface area contributed by atoms with Crippen LogP contribution in [0.25, 0.3) is 26.4 Å². The van der Waals surface area contributed by atoms with E-state index in [2.05, 4.69) is 28.0 Å². The molecule has 27 heavy (non-hydrogen) atoms. The van der Waals surface area contributed by atoms with E-state index in [-0.39, 0.29) is 6.61 Å². The van der Waals surface area contributed by atoms with Crippen LogP contribution < -0.4 is 10.1 Å². The van der Waals surface area contributed by atoms with E-state index in [1.54, 1.807) is 11.3 Å². The highest BCUT2D eigenvalue weighted by atomic mass is 32.1. The number of ether oxygens (including phenoxy) is 2. The normalized spacial score (nSPS) is 11.3. The SMILES string of the molecule is CNc1ccc(-c2cn3c(n2)sc2cc(OCCOCCF)ccc23)cc1.